The second-order valence-corrected chi connectivity index (χ2v) is 9.02. The Bertz CT molecular complexity index is 1430. The van der Waals surface area contributed by atoms with E-state index in [4.69, 9.17) is 11.6 Å². The van der Waals surface area contributed by atoms with Gasteiger partial charge in [0, 0.05) is 41.7 Å². The Balaban J connectivity index is 1.56. The molecule has 37 heavy (non-hydrogen) atoms. The summed E-state index contributed by atoms with van der Waals surface area (Å²) in [6.45, 7) is 5.21. The molecule has 2 aromatic heterocycles. The minimum Gasteiger partial charge on any atom is -0.390 e. The van der Waals surface area contributed by atoms with Gasteiger partial charge in [0.15, 0.2) is 5.82 Å². The minimum atomic E-state index is -1.15. The van der Waals surface area contributed by atoms with Crippen molar-refractivity contribution >= 4 is 23.1 Å². The third-order valence-corrected chi connectivity index (χ3v) is 6.07. The smallest absolute Gasteiger partial charge is 0.288 e. The predicted molar refractivity (Wildman–Crippen MR) is 140 cm³/mol. The van der Waals surface area contributed by atoms with E-state index in [1.54, 1.807) is 31.5 Å². The van der Waals surface area contributed by atoms with E-state index in [0.717, 1.165) is 16.7 Å². The van der Waals surface area contributed by atoms with Crippen molar-refractivity contribution < 1.29 is 15.1 Å². The van der Waals surface area contributed by atoms with Gasteiger partial charge in [0.1, 0.15) is 22.8 Å². The normalized spacial score (nSPS) is 13.6. The molecule has 4 rings (SSSR count). The summed E-state index contributed by atoms with van der Waals surface area (Å²) in [7, 11) is 0. The number of nitro benzene ring substituents is 1. The molecule has 0 saturated heterocycles. The summed E-state index contributed by atoms with van der Waals surface area (Å²) < 4.78 is 0. The molecule has 0 saturated carbocycles. The van der Waals surface area contributed by atoms with E-state index in [9.17, 15) is 20.3 Å². The quantitative estimate of drug-likeness (QED) is 0.214. The van der Waals surface area contributed by atoms with Gasteiger partial charge in [0.05, 0.1) is 16.7 Å². The number of nitrogens with one attached hydrogen (secondary N) is 1. The van der Waals surface area contributed by atoms with E-state index < -0.39 is 17.1 Å². The minimum absolute atomic E-state index is 0.0607. The van der Waals surface area contributed by atoms with E-state index in [1.807, 2.05) is 31.2 Å². The van der Waals surface area contributed by atoms with Crippen LogP contribution in [-0.2, 0) is 0 Å². The molecule has 0 fully saturated rings. The Morgan fingerprint density at radius 3 is 2.38 bits per heavy atom. The van der Waals surface area contributed by atoms with Crippen LogP contribution < -0.4 is 5.32 Å². The Labute approximate surface area is 218 Å². The van der Waals surface area contributed by atoms with Crippen molar-refractivity contribution in [2.75, 3.05) is 5.32 Å². The summed E-state index contributed by atoms with van der Waals surface area (Å²) in [4.78, 5) is 28.0. The standard InChI is InChI=1S/C26H25ClN6O4/c1-14(17-5-4-6-18(9-17)20-12-28-26(29-13-20)25(35)15(2)34)30-24-11-22(31-16(3)32-24)19-7-8-21(27)23(10-19)33(36)37/h4-15,25,34-35H,1-3H3,(H,30,31,32)/t14-,15?,25?/m0/s1. The van der Waals surface area contributed by atoms with Crippen molar-refractivity contribution in [2.24, 2.45) is 0 Å². The van der Waals surface area contributed by atoms with Crippen LogP contribution in [0.25, 0.3) is 22.4 Å². The molecule has 2 unspecified atom stereocenters. The molecule has 10 nitrogen and oxygen atoms in total. The number of halogens is 1. The van der Waals surface area contributed by atoms with Gasteiger partial charge in [-0.1, -0.05) is 35.9 Å². The molecule has 0 bridgehead atoms. The van der Waals surface area contributed by atoms with E-state index in [0.29, 0.717) is 22.9 Å². The van der Waals surface area contributed by atoms with E-state index in [-0.39, 0.29) is 22.6 Å². The number of aliphatic hydroxyl groups is 2. The van der Waals surface area contributed by atoms with E-state index in [2.05, 4.69) is 25.3 Å². The number of hydrogen-bond donors (Lipinski definition) is 3. The van der Waals surface area contributed by atoms with E-state index >= 15 is 0 Å². The summed E-state index contributed by atoms with van der Waals surface area (Å²) in [5.41, 5.74) is 3.53. The maximum absolute atomic E-state index is 11.3. The summed E-state index contributed by atoms with van der Waals surface area (Å²) in [6.07, 6.45) is 1.10. The fourth-order valence-corrected chi connectivity index (χ4v) is 3.94. The van der Waals surface area contributed by atoms with Gasteiger partial charge in [0.25, 0.3) is 5.69 Å². The van der Waals surface area contributed by atoms with Crippen LogP contribution >= 0.6 is 11.6 Å². The number of aromatic nitrogens is 4. The first-order valence-corrected chi connectivity index (χ1v) is 11.8. The number of nitro groups is 1. The number of anilines is 1. The Morgan fingerprint density at radius 1 is 0.973 bits per heavy atom. The molecule has 4 aromatic rings. The first-order valence-electron chi connectivity index (χ1n) is 11.5. The number of rotatable bonds is 8. The van der Waals surface area contributed by atoms with Crippen LogP contribution in [0.5, 0.6) is 0 Å². The molecule has 0 aliphatic carbocycles. The molecule has 0 amide bonds. The van der Waals surface area contributed by atoms with Crippen LogP contribution in [0.4, 0.5) is 11.5 Å². The lowest BCUT2D eigenvalue weighted by molar-refractivity contribution is -0.384. The lowest BCUT2D eigenvalue weighted by atomic mass is 10.0. The zero-order valence-corrected chi connectivity index (χ0v) is 21.1. The van der Waals surface area contributed by atoms with Gasteiger partial charge in [-0.3, -0.25) is 10.1 Å². The highest BCUT2D eigenvalue weighted by atomic mass is 35.5. The van der Waals surface area contributed by atoms with Gasteiger partial charge in [-0.25, -0.2) is 19.9 Å². The largest absolute Gasteiger partial charge is 0.390 e. The Hall–Kier alpha value is -3.99. The zero-order chi connectivity index (χ0) is 26.7. The second kappa shape index (κ2) is 11.0. The number of aryl methyl sites for hydroxylation is 1. The van der Waals surface area contributed by atoms with Crippen LogP contribution in [0, 0.1) is 17.0 Å². The topological polar surface area (TPSA) is 147 Å². The molecule has 2 aromatic carbocycles. The first kappa shape index (κ1) is 26.1. The second-order valence-electron chi connectivity index (χ2n) is 8.62. The highest BCUT2D eigenvalue weighted by molar-refractivity contribution is 6.32. The van der Waals surface area contributed by atoms with Gasteiger partial charge in [-0.05, 0) is 44.0 Å². The molecule has 3 atom stereocenters. The SMILES string of the molecule is Cc1nc(N[C@@H](C)c2cccc(-c3cnc(C(O)C(C)O)nc3)c2)cc(-c2ccc(Cl)c([N+](=O)[O-])c2)n1. The maximum atomic E-state index is 11.3. The Morgan fingerprint density at radius 2 is 1.70 bits per heavy atom. The molecule has 3 N–H and O–H groups in total. The highest BCUT2D eigenvalue weighted by Crippen LogP contribution is 2.31. The zero-order valence-electron chi connectivity index (χ0n) is 20.3. The van der Waals surface area contributed by atoms with Crippen molar-refractivity contribution in [3.63, 3.8) is 0 Å². The van der Waals surface area contributed by atoms with Gasteiger partial charge in [0.2, 0.25) is 0 Å². The first-order chi connectivity index (χ1) is 17.6. The molecule has 190 valence electrons. The molecule has 2 heterocycles. The molecule has 11 heteroatoms. The summed E-state index contributed by atoms with van der Waals surface area (Å²) in [5, 5.41) is 34.2. The molecular formula is C26H25ClN6O4. The fraction of sp³-hybridized carbons (Fsp3) is 0.231. The number of aliphatic hydroxyl groups excluding tert-OH is 2. The van der Waals surface area contributed by atoms with Gasteiger partial charge >= 0.3 is 0 Å². The van der Waals surface area contributed by atoms with Crippen LogP contribution in [0.15, 0.2) is 60.9 Å². The van der Waals surface area contributed by atoms with Gasteiger partial charge < -0.3 is 15.5 Å². The highest BCUT2D eigenvalue weighted by Gasteiger charge is 2.18. The number of nitrogens with zero attached hydrogens (tertiary/aromatic N) is 5. The predicted octanol–water partition coefficient (Wildman–Crippen LogP) is 5.06. The summed E-state index contributed by atoms with van der Waals surface area (Å²) in [5.74, 6) is 1.24. The monoisotopic (exact) mass is 520 g/mol. The number of benzene rings is 2. The van der Waals surface area contributed by atoms with Crippen molar-refractivity contribution in [1.82, 2.24) is 19.9 Å². The van der Waals surface area contributed by atoms with Gasteiger partial charge in [-0.2, -0.15) is 0 Å². The van der Waals surface area contributed by atoms with Crippen LogP contribution in [-0.4, -0.2) is 41.2 Å². The Kier molecular flexibility index (Phi) is 7.72. The van der Waals surface area contributed by atoms with Crippen LogP contribution in [0.2, 0.25) is 5.02 Å². The average molecular weight is 521 g/mol. The third kappa shape index (κ3) is 6.05. The molecule has 0 spiro atoms. The lowest BCUT2D eigenvalue weighted by Crippen LogP contribution is -2.16. The number of hydrogen-bond acceptors (Lipinski definition) is 9. The van der Waals surface area contributed by atoms with E-state index in [1.165, 1.54) is 19.1 Å². The average Bonchev–Trinajstić information content (AvgIpc) is 2.88. The van der Waals surface area contributed by atoms with Crippen molar-refractivity contribution in [3.05, 3.63) is 93.3 Å². The third-order valence-electron chi connectivity index (χ3n) is 5.75. The molecule has 0 aliphatic heterocycles. The summed E-state index contributed by atoms with van der Waals surface area (Å²) >= 11 is 5.95. The van der Waals surface area contributed by atoms with Crippen molar-refractivity contribution in [2.45, 2.75) is 39.0 Å². The fourth-order valence-electron chi connectivity index (χ4n) is 3.75. The maximum Gasteiger partial charge on any atom is 0.288 e. The van der Waals surface area contributed by atoms with Crippen LogP contribution in [0.3, 0.4) is 0 Å². The van der Waals surface area contributed by atoms with Crippen LogP contribution in [0.1, 0.15) is 43.2 Å². The molecule has 0 aliphatic rings. The lowest BCUT2D eigenvalue weighted by Gasteiger charge is -2.17. The molecule has 0 radical (unpaired) electrons. The van der Waals surface area contributed by atoms with Gasteiger partial charge in [-0.15, -0.1) is 0 Å². The van der Waals surface area contributed by atoms with Crippen molar-refractivity contribution in [3.8, 4) is 22.4 Å². The summed E-state index contributed by atoms with van der Waals surface area (Å²) in [6, 6.07) is 14.0. The van der Waals surface area contributed by atoms with Crippen molar-refractivity contribution in [1.29, 1.82) is 0 Å². The molecular weight excluding hydrogens is 496 g/mol.